The van der Waals surface area contributed by atoms with E-state index in [1.807, 2.05) is 6.92 Å². The van der Waals surface area contributed by atoms with Crippen molar-refractivity contribution in [1.82, 2.24) is 0 Å². The molecule has 0 spiro atoms. The molecule has 13 heavy (non-hydrogen) atoms. The van der Waals surface area contributed by atoms with Crippen LogP contribution in [0.1, 0.15) is 33.1 Å². The first-order valence-electron chi connectivity index (χ1n) is 4.40. The van der Waals surface area contributed by atoms with Gasteiger partial charge in [-0.3, -0.25) is 0 Å². The van der Waals surface area contributed by atoms with Crippen molar-refractivity contribution in [3.8, 4) is 0 Å². The molecule has 0 aliphatic heterocycles. The van der Waals surface area contributed by atoms with Gasteiger partial charge >= 0.3 is 0 Å². The number of sulfone groups is 1. The first-order chi connectivity index (χ1) is 5.97. The summed E-state index contributed by atoms with van der Waals surface area (Å²) in [4.78, 5) is 0. The molecular formula is C9H15ClO2S. The van der Waals surface area contributed by atoms with Crippen LogP contribution in [0, 0.1) is 0 Å². The lowest BCUT2D eigenvalue weighted by Crippen LogP contribution is -2.25. The molecule has 4 heteroatoms. The quantitative estimate of drug-likeness (QED) is 0.532. The Labute approximate surface area is 84.9 Å². The van der Waals surface area contributed by atoms with Crippen molar-refractivity contribution in [2.24, 2.45) is 0 Å². The number of allylic oxidation sites excluding steroid dienone is 2. The number of rotatable bonds is 2. The Morgan fingerprint density at radius 1 is 1.38 bits per heavy atom. The lowest BCUT2D eigenvalue weighted by molar-refractivity contribution is 0.564. The molecule has 0 amide bonds. The lowest BCUT2D eigenvalue weighted by Gasteiger charge is -2.23. The third kappa shape index (κ3) is 2.47. The molecule has 0 aromatic rings. The van der Waals surface area contributed by atoms with Gasteiger partial charge in [0.05, 0.1) is 5.25 Å². The molecule has 0 aromatic heterocycles. The van der Waals surface area contributed by atoms with Crippen LogP contribution < -0.4 is 0 Å². The Hall–Kier alpha value is -0.0200. The van der Waals surface area contributed by atoms with Gasteiger partial charge in [-0.05, 0) is 33.1 Å². The van der Waals surface area contributed by atoms with E-state index in [4.69, 9.17) is 11.6 Å². The molecule has 0 radical (unpaired) electrons. The van der Waals surface area contributed by atoms with Crippen molar-refractivity contribution in [2.75, 3.05) is 5.21 Å². The maximum atomic E-state index is 11.5. The molecule has 1 aliphatic carbocycles. The highest BCUT2D eigenvalue weighted by atomic mass is 35.5. The van der Waals surface area contributed by atoms with E-state index in [0.717, 1.165) is 12.8 Å². The van der Waals surface area contributed by atoms with Gasteiger partial charge in [-0.25, -0.2) is 8.42 Å². The molecule has 2 nitrogen and oxygen atoms in total. The Bertz CT molecular complexity index is 317. The van der Waals surface area contributed by atoms with E-state index in [2.05, 4.69) is 6.92 Å². The highest BCUT2D eigenvalue weighted by Gasteiger charge is 2.27. The van der Waals surface area contributed by atoms with E-state index in [1.165, 1.54) is 11.1 Å². The average Bonchev–Trinajstić information content (AvgIpc) is 2.09. The number of hydrogen-bond acceptors (Lipinski definition) is 2. The van der Waals surface area contributed by atoms with E-state index in [-0.39, 0.29) is 10.5 Å². The highest BCUT2D eigenvalue weighted by molar-refractivity contribution is 7.93. The normalized spacial score (nSPS) is 25.0. The largest absolute Gasteiger partial charge is 0.227 e. The van der Waals surface area contributed by atoms with Crippen LogP contribution in [-0.4, -0.2) is 18.9 Å². The van der Waals surface area contributed by atoms with Crippen LogP contribution >= 0.6 is 11.6 Å². The first kappa shape index (κ1) is 11.1. The fraction of sp³-hybridized carbons (Fsp3) is 0.778. The Balaban J connectivity index is 2.80. The fourth-order valence-electron chi connectivity index (χ4n) is 1.60. The molecule has 1 aliphatic rings. The van der Waals surface area contributed by atoms with Crippen molar-refractivity contribution < 1.29 is 8.42 Å². The predicted molar refractivity (Wildman–Crippen MR) is 55.7 cm³/mol. The van der Waals surface area contributed by atoms with Gasteiger partial charge in [-0.1, -0.05) is 11.1 Å². The van der Waals surface area contributed by atoms with Crippen LogP contribution in [0.15, 0.2) is 11.1 Å². The molecule has 0 saturated heterocycles. The highest BCUT2D eigenvalue weighted by Crippen LogP contribution is 2.29. The summed E-state index contributed by atoms with van der Waals surface area (Å²) < 4.78 is 22.9. The molecule has 0 heterocycles. The van der Waals surface area contributed by atoms with Gasteiger partial charge in [-0.15, -0.1) is 11.6 Å². The van der Waals surface area contributed by atoms with Crippen molar-refractivity contribution in [3.63, 3.8) is 0 Å². The lowest BCUT2D eigenvalue weighted by atomic mass is 9.94. The summed E-state index contributed by atoms with van der Waals surface area (Å²) in [7, 11) is -3.05. The van der Waals surface area contributed by atoms with Crippen molar-refractivity contribution in [3.05, 3.63) is 11.1 Å². The molecule has 76 valence electrons. The summed E-state index contributed by atoms with van der Waals surface area (Å²) in [6, 6.07) is 0. The standard InChI is InChI=1S/C9H15ClO2S/c1-7-3-4-9(5-8(7)2)13(11,12)6-10/h9H,3-6H2,1-2H3. The second-order valence-electron chi connectivity index (χ2n) is 3.70. The number of alkyl halides is 1. The molecule has 0 saturated carbocycles. The predicted octanol–water partition coefficient (Wildman–Crippen LogP) is 2.49. The molecule has 0 fully saturated rings. The molecule has 1 rings (SSSR count). The number of hydrogen-bond donors (Lipinski definition) is 0. The minimum absolute atomic E-state index is 0.242. The van der Waals surface area contributed by atoms with E-state index in [0.29, 0.717) is 6.42 Å². The fourth-order valence-corrected chi connectivity index (χ4v) is 3.30. The van der Waals surface area contributed by atoms with Gasteiger partial charge < -0.3 is 0 Å². The summed E-state index contributed by atoms with van der Waals surface area (Å²) >= 11 is 5.41. The monoisotopic (exact) mass is 222 g/mol. The zero-order valence-electron chi connectivity index (χ0n) is 8.01. The van der Waals surface area contributed by atoms with Gasteiger partial charge in [0.1, 0.15) is 5.21 Å². The Morgan fingerprint density at radius 3 is 2.46 bits per heavy atom. The first-order valence-corrected chi connectivity index (χ1v) is 6.65. The third-order valence-electron chi connectivity index (χ3n) is 2.76. The van der Waals surface area contributed by atoms with Crippen molar-refractivity contribution >= 4 is 21.4 Å². The molecule has 1 atom stereocenters. The summed E-state index contributed by atoms with van der Waals surface area (Å²) in [5.74, 6) is 0. The van der Waals surface area contributed by atoms with Crippen LogP contribution in [0.25, 0.3) is 0 Å². The van der Waals surface area contributed by atoms with E-state index < -0.39 is 9.84 Å². The maximum absolute atomic E-state index is 11.5. The van der Waals surface area contributed by atoms with Crippen LogP contribution in [0.2, 0.25) is 0 Å². The maximum Gasteiger partial charge on any atom is 0.167 e. The van der Waals surface area contributed by atoms with Crippen molar-refractivity contribution in [1.29, 1.82) is 0 Å². The van der Waals surface area contributed by atoms with Gasteiger partial charge in [-0.2, -0.15) is 0 Å². The van der Waals surface area contributed by atoms with Crippen LogP contribution in [0.3, 0.4) is 0 Å². The van der Waals surface area contributed by atoms with Crippen LogP contribution in [0.4, 0.5) is 0 Å². The van der Waals surface area contributed by atoms with Gasteiger partial charge in [0.2, 0.25) is 0 Å². The molecule has 1 unspecified atom stereocenters. The topological polar surface area (TPSA) is 34.1 Å². The van der Waals surface area contributed by atoms with Crippen molar-refractivity contribution in [2.45, 2.75) is 38.4 Å². The van der Waals surface area contributed by atoms with Crippen LogP contribution in [0.5, 0.6) is 0 Å². The zero-order chi connectivity index (χ0) is 10.1. The van der Waals surface area contributed by atoms with E-state index in [9.17, 15) is 8.42 Å². The Morgan fingerprint density at radius 2 is 2.00 bits per heavy atom. The average molecular weight is 223 g/mol. The second kappa shape index (κ2) is 4.01. The second-order valence-corrected chi connectivity index (χ2v) is 6.56. The minimum atomic E-state index is -3.05. The SMILES string of the molecule is CC1=C(C)CC(S(=O)(=O)CCl)CC1. The molecular weight excluding hydrogens is 208 g/mol. The molecule has 0 aromatic carbocycles. The smallest absolute Gasteiger partial charge is 0.167 e. The summed E-state index contributed by atoms with van der Waals surface area (Å²) in [5, 5.41) is -0.488. The van der Waals surface area contributed by atoms with Crippen LogP contribution in [-0.2, 0) is 9.84 Å². The minimum Gasteiger partial charge on any atom is -0.227 e. The van der Waals surface area contributed by atoms with Gasteiger partial charge in [0.15, 0.2) is 9.84 Å². The number of halogens is 1. The summed E-state index contributed by atoms with van der Waals surface area (Å²) in [6.45, 7) is 4.07. The van der Waals surface area contributed by atoms with Gasteiger partial charge in [0, 0.05) is 0 Å². The third-order valence-corrected chi connectivity index (χ3v) is 5.40. The zero-order valence-corrected chi connectivity index (χ0v) is 9.58. The Kier molecular flexibility index (Phi) is 3.41. The molecule has 0 N–H and O–H groups in total. The van der Waals surface area contributed by atoms with E-state index >= 15 is 0 Å². The van der Waals surface area contributed by atoms with E-state index in [1.54, 1.807) is 0 Å². The molecule has 0 bridgehead atoms. The van der Waals surface area contributed by atoms with Gasteiger partial charge in [0.25, 0.3) is 0 Å². The summed E-state index contributed by atoms with van der Waals surface area (Å²) in [5.41, 5.74) is 2.55. The summed E-state index contributed by atoms with van der Waals surface area (Å²) in [6.07, 6.45) is 2.30.